The molecule has 0 fully saturated rings. The quantitative estimate of drug-likeness (QED) is 0.937. The van der Waals surface area contributed by atoms with Gasteiger partial charge < -0.3 is 9.52 Å². The molecule has 0 radical (unpaired) electrons. The lowest BCUT2D eigenvalue weighted by molar-refractivity contribution is 0.0647. The summed E-state index contributed by atoms with van der Waals surface area (Å²) in [6, 6.07) is 1.85. The van der Waals surface area contributed by atoms with Crippen LogP contribution in [0.5, 0.6) is 0 Å². The fourth-order valence-electron chi connectivity index (χ4n) is 2.17. The van der Waals surface area contributed by atoms with E-state index in [9.17, 15) is 13.6 Å². The molecule has 0 spiro atoms. The molecule has 0 aromatic carbocycles. The first-order valence-electron chi connectivity index (χ1n) is 5.70. The van der Waals surface area contributed by atoms with Gasteiger partial charge in [-0.1, -0.05) is 0 Å². The number of aryl methyl sites for hydroxylation is 2. The second kappa shape index (κ2) is 4.41. The maximum atomic E-state index is 12.7. The summed E-state index contributed by atoms with van der Waals surface area (Å²) in [7, 11) is 0. The number of carboxylic acid groups (broad SMARTS) is 1. The Balaban J connectivity index is 2.05. The summed E-state index contributed by atoms with van der Waals surface area (Å²) in [4.78, 5) is 16.3. The van der Waals surface area contributed by atoms with Gasteiger partial charge in [0.05, 0.1) is 4.88 Å². The zero-order chi connectivity index (χ0) is 13.6. The Morgan fingerprint density at radius 3 is 2.84 bits per heavy atom. The van der Waals surface area contributed by atoms with Crippen LogP contribution in [0.3, 0.4) is 0 Å². The largest absolute Gasteiger partial charge is 0.475 e. The van der Waals surface area contributed by atoms with Gasteiger partial charge in [0.15, 0.2) is 5.69 Å². The number of hydrogen-bond acceptors (Lipinski definition) is 4. The van der Waals surface area contributed by atoms with Crippen molar-refractivity contribution in [2.45, 2.75) is 25.7 Å². The van der Waals surface area contributed by atoms with Gasteiger partial charge in [-0.2, -0.15) is 0 Å². The number of thiophene rings is 1. The molecule has 0 bridgehead atoms. The lowest BCUT2D eigenvalue weighted by Gasteiger charge is -1.91. The predicted molar refractivity (Wildman–Crippen MR) is 63.8 cm³/mol. The zero-order valence-electron chi connectivity index (χ0n) is 9.65. The maximum Gasteiger partial charge on any atom is 0.374 e. The summed E-state index contributed by atoms with van der Waals surface area (Å²) >= 11 is 1.43. The van der Waals surface area contributed by atoms with Crippen LogP contribution in [-0.2, 0) is 12.8 Å². The molecule has 2 heterocycles. The maximum absolute atomic E-state index is 12.7. The molecule has 0 saturated heterocycles. The molecular formula is C12H9F2NO3S. The Morgan fingerprint density at radius 2 is 2.26 bits per heavy atom. The van der Waals surface area contributed by atoms with Crippen molar-refractivity contribution in [3.05, 3.63) is 28.0 Å². The highest BCUT2D eigenvalue weighted by Crippen LogP contribution is 2.37. The monoisotopic (exact) mass is 285 g/mol. The van der Waals surface area contributed by atoms with Gasteiger partial charge in [-0.3, -0.25) is 0 Å². The average molecular weight is 285 g/mol. The van der Waals surface area contributed by atoms with Gasteiger partial charge in [0.25, 0.3) is 6.43 Å². The molecule has 7 heteroatoms. The van der Waals surface area contributed by atoms with Crippen LogP contribution in [0.15, 0.2) is 10.5 Å². The molecule has 2 aromatic rings. The molecule has 0 unspecified atom stereocenters. The smallest absolute Gasteiger partial charge is 0.374 e. The van der Waals surface area contributed by atoms with Gasteiger partial charge in [0, 0.05) is 4.88 Å². The van der Waals surface area contributed by atoms with Crippen LogP contribution in [0.2, 0.25) is 0 Å². The molecule has 19 heavy (non-hydrogen) atoms. The third-order valence-corrected chi connectivity index (χ3v) is 4.24. The molecule has 4 nitrogen and oxygen atoms in total. The van der Waals surface area contributed by atoms with Crippen LogP contribution < -0.4 is 0 Å². The third kappa shape index (κ3) is 2.03. The van der Waals surface area contributed by atoms with Crippen LogP contribution >= 0.6 is 11.3 Å². The van der Waals surface area contributed by atoms with E-state index in [0.29, 0.717) is 4.88 Å². The highest BCUT2D eigenvalue weighted by atomic mass is 32.1. The summed E-state index contributed by atoms with van der Waals surface area (Å²) in [5, 5.41) is 8.83. The van der Waals surface area contributed by atoms with Gasteiger partial charge in [-0.05, 0) is 30.9 Å². The van der Waals surface area contributed by atoms with Crippen molar-refractivity contribution in [1.29, 1.82) is 0 Å². The Labute approximate surface area is 110 Å². The minimum Gasteiger partial charge on any atom is -0.475 e. The van der Waals surface area contributed by atoms with Crippen LogP contribution in [0.4, 0.5) is 8.78 Å². The number of carbonyl (C=O) groups is 1. The van der Waals surface area contributed by atoms with Crippen molar-refractivity contribution in [2.24, 2.45) is 0 Å². The van der Waals surface area contributed by atoms with Crippen molar-refractivity contribution in [1.82, 2.24) is 4.98 Å². The van der Waals surface area contributed by atoms with E-state index in [1.807, 2.05) is 6.07 Å². The lowest BCUT2D eigenvalue weighted by atomic mass is 10.2. The van der Waals surface area contributed by atoms with Gasteiger partial charge in [-0.15, -0.1) is 11.3 Å². The number of carboxylic acids is 1. The fraction of sp³-hybridized carbons (Fsp3) is 0.333. The normalized spacial score (nSPS) is 14.1. The Morgan fingerprint density at radius 1 is 1.47 bits per heavy atom. The minimum absolute atomic E-state index is 0.0351. The summed E-state index contributed by atoms with van der Waals surface area (Å²) in [5.74, 6) is -2.34. The first-order valence-corrected chi connectivity index (χ1v) is 6.52. The number of rotatable bonds is 3. The molecule has 0 aliphatic heterocycles. The molecule has 1 N–H and O–H groups in total. The number of nitrogens with zero attached hydrogens (tertiary/aromatic N) is 1. The second-order valence-corrected chi connectivity index (χ2v) is 5.39. The van der Waals surface area contributed by atoms with E-state index in [-0.39, 0.29) is 5.89 Å². The van der Waals surface area contributed by atoms with Crippen molar-refractivity contribution in [3.8, 4) is 10.8 Å². The molecule has 1 aliphatic carbocycles. The van der Waals surface area contributed by atoms with E-state index in [1.54, 1.807) is 0 Å². The topological polar surface area (TPSA) is 63.3 Å². The molecule has 0 saturated carbocycles. The van der Waals surface area contributed by atoms with E-state index < -0.39 is 23.8 Å². The first-order chi connectivity index (χ1) is 9.06. The van der Waals surface area contributed by atoms with Crippen molar-refractivity contribution < 1.29 is 23.1 Å². The fourth-order valence-corrected chi connectivity index (χ4v) is 3.35. The van der Waals surface area contributed by atoms with E-state index in [1.165, 1.54) is 21.8 Å². The Bertz CT molecular complexity index is 626. The Kier molecular flexibility index (Phi) is 2.85. The minimum atomic E-state index is -2.96. The number of aromatic nitrogens is 1. The number of halogens is 2. The summed E-state index contributed by atoms with van der Waals surface area (Å²) < 4.78 is 30.4. The van der Waals surface area contributed by atoms with E-state index >= 15 is 0 Å². The number of hydrogen-bond donors (Lipinski definition) is 1. The van der Waals surface area contributed by atoms with Crippen LogP contribution in [-0.4, -0.2) is 16.1 Å². The molecule has 0 atom stereocenters. The SMILES string of the molecule is O=C(O)c1oc(-c2cc3c(s2)CCC3)nc1C(F)F. The first kappa shape index (κ1) is 12.3. The van der Waals surface area contributed by atoms with Crippen LogP contribution in [0, 0.1) is 0 Å². The summed E-state index contributed by atoms with van der Waals surface area (Å²) in [5.41, 5.74) is 0.365. The van der Waals surface area contributed by atoms with Crippen molar-refractivity contribution in [3.63, 3.8) is 0 Å². The molecule has 3 rings (SSSR count). The standard InChI is InChI=1S/C12H9F2NO3S/c13-10(14)8-9(12(16)17)18-11(15-8)7-4-5-2-1-3-6(5)19-7/h4,10H,1-3H2,(H,16,17). The number of aromatic carboxylic acids is 1. The third-order valence-electron chi connectivity index (χ3n) is 3.01. The molecule has 0 amide bonds. The van der Waals surface area contributed by atoms with E-state index in [2.05, 4.69) is 4.98 Å². The Hall–Kier alpha value is -1.76. The van der Waals surface area contributed by atoms with Gasteiger partial charge >= 0.3 is 5.97 Å². The van der Waals surface area contributed by atoms with E-state index in [0.717, 1.165) is 19.3 Å². The lowest BCUT2D eigenvalue weighted by Crippen LogP contribution is -1.99. The van der Waals surface area contributed by atoms with Crippen LogP contribution in [0.25, 0.3) is 10.8 Å². The second-order valence-electron chi connectivity index (χ2n) is 4.25. The molecule has 1 aliphatic rings. The van der Waals surface area contributed by atoms with Gasteiger partial charge in [-0.25, -0.2) is 18.6 Å². The molecular weight excluding hydrogens is 276 g/mol. The summed E-state index contributed by atoms with van der Waals surface area (Å²) in [6.07, 6.45) is 0.0552. The molecule has 100 valence electrons. The predicted octanol–water partition coefficient (Wildman–Crippen LogP) is 3.53. The summed E-state index contributed by atoms with van der Waals surface area (Å²) in [6.45, 7) is 0. The van der Waals surface area contributed by atoms with Crippen molar-refractivity contribution in [2.75, 3.05) is 0 Å². The number of alkyl halides is 2. The van der Waals surface area contributed by atoms with E-state index in [4.69, 9.17) is 9.52 Å². The highest BCUT2D eigenvalue weighted by Gasteiger charge is 2.28. The highest BCUT2D eigenvalue weighted by molar-refractivity contribution is 7.15. The van der Waals surface area contributed by atoms with Crippen molar-refractivity contribution >= 4 is 17.3 Å². The average Bonchev–Trinajstić information content (AvgIpc) is 3.01. The zero-order valence-corrected chi connectivity index (χ0v) is 10.5. The number of fused-ring (bicyclic) bond motifs is 1. The molecule has 2 aromatic heterocycles. The van der Waals surface area contributed by atoms with Gasteiger partial charge in [0.1, 0.15) is 0 Å². The number of oxazole rings is 1. The van der Waals surface area contributed by atoms with Crippen LogP contribution in [0.1, 0.15) is 39.5 Å². The van der Waals surface area contributed by atoms with Gasteiger partial charge in [0.2, 0.25) is 11.7 Å².